The summed E-state index contributed by atoms with van der Waals surface area (Å²) in [6, 6.07) is 28.1. The zero-order valence-electron chi connectivity index (χ0n) is 25.5. The average Bonchev–Trinajstić information content (AvgIpc) is 3.18. The molecule has 47 heavy (non-hydrogen) atoms. The van der Waals surface area contributed by atoms with Gasteiger partial charge in [-0.25, -0.2) is 22.9 Å². The van der Waals surface area contributed by atoms with Crippen LogP contribution in [0.4, 0.5) is 18.9 Å². The van der Waals surface area contributed by atoms with Crippen molar-refractivity contribution in [3.8, 4) is 17.0 Å². The van der Waals surface area contributed by atoms with Gasteiger partial charge in [0.1, 0.15) is 11.4 Å². The van der Waals surface area contributed by atoms with Crippen LogP contribution in [0.25, 0.3) is 11.1 Å². The van der Waals surface area contributed by atoms with Gasteiger partial charge in [0, 0.05) is 28.6 Å². The molecule has 0 radical (unpaired) electrons. The number of fused-ring (bicyclic) bond motifs is 1. The molecule has 1 aromatic heterocycles. The number of nitrogens with one attached hydrogen (secondary N) is 1. The topological polar surface area (TPSA) is 91.8 Å². The standard InChI is InChI=1S/C37H30F3N3O4/c1-22-17-23(2)42-32(18-22)47-35(36(45)46)37(26-12-8-11-25(19-26)24-9-4-3-5-10-24)28-13-6-7-14-31(28)43(33(44)20-41-37)21-27-29(38)15-16-30(39)34(27)40/h3-19,35,41H,20-21H2,1-2H3,(H,45,46)/t35-,37+/m1/s1. The highest BCUT2D eigenvalue weighted by molar-refractivity contribution is 5.97. The number of ether oxygens (including phenoxy) is 1. The van der Waals surface area contributed by atoms with Crippen LogP contribution in [0.3, 0.4) is 0 Å². The highest BCUT2D eigenvalue weighted by Crippen LogP contribution is 2.43. The van der Waals surface area contributed by atoms with E-state index in [1.54, 1.807) is 49.4 Å². The summed E-state index contributed by atoms with van der Waals surface area (Å²) < 4.78 is 50.3. The number of para-hydroxylation sites is 1. The number of carbonyl (C=O) groups excluding carboxylic acids is 1. The first-order valence-electron chi connectivity index (χ1n) is 14.9. The zero-order valence-corrected chi connectivity index (χ0v) is 25.5. The van der Waals surface area contributed by atoms with Gasteiger partial charge in [-0.05, 0) is 66.4 Å². The van der Waals surface area contributed by atoms with Gasteiger partial charge in [-0.15, -0.1) is 0 Å². The number of carboxylic acids is 1. The molecule has 0 unspecified atom stereocenters. The van der Waals surface area contributed by atoms with Crippen molar-refractivity contribution in [3.63, 3.8) is 0 Å². The number of hydrogen-bond acceptors (Lipinski definition) is 5. The second-order valence-corrected chi connectivity index (χ2v) is 11.4. The second kappa shape index (κ2) is 12.7. The maximum Gasteiger partial charge on any atom is 0.347 e. The van der Waals surface area contributed by atoms with Crippen molar-refractivity contribution < 1.29 is 32.6 Å². The minimum Gasteiger partial charge on any atom is -0.478 e. The third-order valence-corrected chi connectivity index (χ3v) is 8.25. The lowest BCUT2D eigenvalue weighted by Gasteiger charge is -2.40. The third-order valence-electron chi connectivity index (χ3n) is 8.25. The number of aliphatic carboxylic acids is 1. The summed E-state index contributed by atoms with van der Waals surface area (Å²) in [5.74, 6) is -5.63. The number of pyridine rings is 1. The van der Waals surface area contributed by atoms with Crippen molar-refractivity contribution >= 4 is 17.6 Å². The molecule has 238 valence electrons. The Bertz CT molecular complexity index is 1970. The molecule has 2 heterocycles. The molecule has 0 spiro atoms. The van der Waals surface area contributed by atoms with Gasteiger partial charge in [0.25, 0.3) is 0 Å². The fraction of sp³-hybridized carbons (Fsp3) is 0.162. The Hall–Kier alpha value is -5.48. The highest BCUT2D eigenvalue weighted by Gasteiger charge is 2.52. The van der Waals surface area contributed by atoms with Crippen LogP contribution in [0, 0.1) is 31.3 Å². The molecule has 1 aliphatic rings. The number of carbonyl (C=O) groups is 2. The van der Waals surface area contributed by atoms with Crippen LogP contribution in [0.15, 0.2) is 103 Å². The first kappa shape index (κ1) is 31.5. The van der Waals surface area contributed by atoms with E-state index in [4.69, 9.17) is 4.74 Å². The Morgan fingerprint density at radius 2 is 1.62 bits per heavy atom. The molecule has 2 N–H and O–H groups in total. The highest BCUT2D eigenvalue weighted by atomic mass is 19.2. The molecule has 0 bridgehead atoms. The normalized spacial score (nSPS) is 16.7. The van der Waals surface area contributed by atoms with Crippen LogP contribution >= 0.6 is 0 Å². The number of aromatic nitrogens is 1. The predicted molar refractivity (Wildman–Crippen MR) is 170 cm³/mol. The largest absolute Gasteiger partial charge is 0.478 e. The number of amides is 1. The molecule has 1 amide bonds. The molecule has 10 heteroatoms. The molecule has 0 saturated heterocycles. The maximum atomic E-state index is 14.9. The van der Waals surface area contributed by atoms with E-state index in [0.29, 0.717) is 17.3 Å². The summed E-state index contributed by atoms with van der Waals surface area (Å²) in [5.41, 5.74) is 1.54. The predicted octanol–water partition coefficient (Wildman–Crippen LogP) is 6.69. The van der Waals surface area contributed by atoms with Gasteiger partial charge in [0.2, 0.25) is 17.9 Å². The fourth-order valence-corrected chi connectivity index (χ4v) is 6.15. The molecule has 7 nitrogen and oxygen atoms in total. The SMILES string of the molecule is Cc1cc(C)nc(O[C@H](C(=O)O)[C@@]2(c3cccc(-c4ccccc4)c3)NCC(=O)N(Cc3c(F)ccc(F)c3F)c3ccccc32)c1. The number of carboxylic acid groups (broad SMARTS) is 1. The summed E-state index contributed by atoms with van der Waals surface area (Å²) in [4.78, 5) is 32.8. The van der Waals surface area contributed by atoms with Gasteiger partial charge < -0.3 is 14.7 Å². The lowest BCUT2D eigenvalue weighted by atomic mass is 9.76. The number of hydrogen-bond donors (Lipinski definition) is 2. The van der Waals surface area contributed by atoms with Crippen LogP contribution in [0.5, 0.6) is 5.88 Å². The minimum absolute atomic E-state index is 0.0594. The van der Waals surface area contributed by atoms with E-state index >= 15 is 0 Å². The zero-order chi connectivity index (χ0) is 33.3. The molecule has 4 aromatic carbocycles. The van der Waals surface area contributed by atoms with E-state index in [-0.39, 0.29) is 17.1 Å². The van der Waals surface area contributed by atoms with Crippen molar-refractivity contribution in [1.82, 2.24) is 10.3 Å². The van der Waals surface area contributed by atoms with Gasteiger partial charge in [-0.3, -0.25) is 10.1 Å². The van der Waals surface area contributed by atoms with Crippen LogP contribution in [0.1, 0.15) is 27.9 Å². The van der Waals surface area contributed by atoms with Crippen molar-refractivity contribution in [1.29, 1.82) is 0 Å². The number of aryl methyl sites for hydroxylation is 2. The van der Waals surface area contributed by atoms with Crippen LogP contribution < -0.4 is 15.0 Å². The van der Waals surface area contributed by atoms with E-state index in [1.807, 2.05) is 55.5 Å². The first-order valence-corrected chi connectivity index (χ1v) is 14.9. The fourth-order valence-electron chi connectivity index (χ4n) is 6.15. The van der Waals surface area contributed by atoms with Crippen LogP contribution in [-0.4, -0.2) is 34.6 Å². The molecular weight excluding hydrogens is 607 g/mol. The number of rotatable bonds is 8. The van der Waals surface area contributed by atoms with Crippen molar-refractivity contribution in [2.75, 3.05) is 11.4 Å². The van der Waals surface area contributed by atoms with Gasteiger partial charge in [-0.2, -0.15) is 0 Å². The Morgan fingerprint density at radius 1 is 0.915 bits per heavy atom. The Labute approximate surface area is 269 Å². The van der Waals surface area contributed by atoms with Crippen molar-refractivity contribution in [2.24, 2.45) is 0 Å². The van der Waals surface area contributed by atoms with E-state index in [9.17, 15) is 27.9 Å². The summed E-state index contributed by atoms with van der Waals surface area (Å²) in [7, 11) is 0. The van der Waals surface area contributed by atoms with E-state index in [0.717, 1.165) is 27.7 Å². The third kappa shape index (κ3) is 5.95. The summed E-state index contributed by atoms with van der Waals surface area (Å²) in [6.45, 7) is 2.48. The van der Waals surface area contributed by atoms with E-state index in [2.05, 4.69) is 10.3 Å². The summed E-state index contributed by atoms with van der Waals surface area (Å²) in [6.07, 6.45) is -1.71. The molecule has 0 fully saturated rings. The quantitative estimate of drug-likeness (QED) is 0.184. The Kier molecular flexibility index (Phi) is 8.53. The van der Waals surface area contributed by atoms with Gasteiger partial charge >= 0.3 is 5.97 Å². The molecule has 6 rings (SSSR count). The molecule has 5 aromatic rings. The average molecular weight is 638 g/mol. The molecule has 1 aliphatic heterocycles. The Balaban J connectivity index is 1.60. The van der Waals surface area contributed by atoms with Gasteiger partial charge in [-0.1, -0.05) is 66.7 Å². The molecule has 0 saturated carbocycles. The summed E-state index contributed by atoms with van der Waals surface area (Å²) in [5, 5.41) is 14.1. The summed E-state index contributed by atoms with van der Waals surface area (Å²) >= 11 is 0. The van der Waals surface area contributed by atoms with Gasteiger partial charge in [0.15, 0.2) is 11.6 Å². The van der Waals surface area contributed by atoms with E-state index in [1.165, 1.54) is 0 Å². The molecule has 0 aliphatic carbocycles. The van der Waals surface area contributed by atoms with Crippen LogP contribution in [-0.2, 0) is 21.7 Å². The lowest BCUT2D eigenvalue weighted by Crippen LogP contribution is -2.58. The number of nitrogens with zero attached hydrogens (tertiary/aromatic N) is 2. The molecule has 2 atom stereocenters. The van der Waals surface area contributed by atoms with Crippen molar-refractivity contribution in [2.45, 2.75) is 32.0 Å². The monoisotopic (exact) mass is 637 g/mol. The van der Waals surface area contributed by atoms with Crippen molar-refractivity contribution in [3.05, 3.63) is 149 Å². The first-order chi connectivity index (χ1) is 22.6. The Morgan fingerprint density at radius 3 is 2.36 bits per heavy atom. The molecular formula is C37H30F3N3O4. The second-order valence-electron chi connectivity index (χ2n) is 11.4. The lowest BCUT2D eigenvalue weighted by molar-refractivity contribution is -0.149. The number of anilines is 1. The minimum atomic E-state index is -1.75. The number of benzene rings is 4. The van der Waals surface area contributed by atoms with Crippen LogP contribution in [0.2, 0.25) is 0 Å². The maximum absolute atomic E-state index is 14.9. The number of halogens is 3. The smallest absolute Gasteiger partial charge is 0.347 e. The van der Waals surface area contributed by atoms with E-state index < -0.39 is 59.6 Å². The van der Waals surface area contributed by atoms with Gasteiger partial charge in [0.05, 0.1) is 13.1 Å².